The number of nitrogens with zero attached hydrogens (tertiary/aromatic N) is 1. The second kappa shape index (κ2) is 7.76. The second-order valence-corrected chi connectivity index (χ2v) is 7.13. The van der Waals surface area contributed by atoms with Crippen molar-refractivity contribution in [2.45, 2.75) is 6.92 Å². The standard InChI is InChI=1S/C19H17ClN2O3S/c1-11-17(12-4-6-14(20)7-5-12)21-19(26-11)22-18(23)13-8-15(24-2)10-16(9-13)25-3/h4-10H,1-3H3,(H,21,22,23). The minimum atomic E-state index is -0.279. The van der Waals surface area contributed by atoms with Crippen LogP contribution in [0.4, 0.5) is 5.13 Å². The number of benzene rings is 2. The van der Waals surface area contributed by atoms with E-state index in [2.05, 4.69) is 10.3 Å². The van der Waals surface area contributed by atoms with Crippen LogP contribution in [-0.2, 0) is 0 Å². The van der Waals surface area contributed by atoms with Gasteiger partial charge in [-0.05, 0) is 31.2 Å². The van der Waals surface area contributed by atoms with Gasteiger partial charge < -0.3 is 9.47 Å². The van der Waals surface area contributed by atoms with E-state index in [1.807, 2.05) is 31.2 Å². The number of methoxy groups -OCH3 is 2. The van der Waals surface area contributed by atoms with E-state index in [-0.39, 0.29) is 5.91 Å². The molecule has 0 radical (unpaired) electrons. The number of carbonyl (C=O) groups excluding carboxylic acids is 1. The highest BCUT2D eigenvalue weighted by atomic mass is 35.5. The van der Waals surface area contributed by atoms with Gasteiger partial charge >= 0.3 is 0 Å². The van der Waals surface area contributed by atoms with Crippen LogP contribution in [0, 0.1) is 6.92 Å². The molecule has 1 amide bonds. The zero-order valence-corrected chi connectivity index (χ0v) is 16.1. The second-order valence-electron chi connectivity index (χ2n) is 5.49. The van der Waals surface area contributed by atoms with E-state index in [0.29, 0.717) is 27.2 Å². The average molecular weight is 389 g/mol. The fourth-order valence-corrected chi connectivity index (χ4v) is 3.39. The Bertz CT molecular complexity index is 916. The first-order valence-corrected chi connectivity index (χ1v) is 8.97. The van der Waals surface area contributed by atoms with Crippen molar-refractivity contribution in [2.24, 2.45) is 0 Å². The summed E-state index contributed by atoms with van der Waals surface area (Å²) < 4.78 is 10.4. The van der Waals surface area contributed by atoms with Crippen molar-refractivity contribution in [1.29, 1.82) is 0 Å². The molecule has 3 aromatic rings. The van der Waals surface area contributed by atoms with Gasteiger partial charge in [-0.2, -0.15) is 0 Å². The van der Waals surface area contributed by atoms with Crippen LogP contribution in [0.3, 0.4) is 0 Å². The minimum Gasteiger partial charge on any atom is -0.497 e. The Hall–Kier alpha value is -2.57. The normalized spacial score (nSPS) is 10.5. The molecule has 134 valence electrons. The molecule has 0 saturated heterocycles. The van der Waals surface area contributed by atoms with Crippen molar-refractivity contribution in [1.82, 2.24) is 4.98 Å². The molecule has 1 aromatic heterocycles. The van der Waals surface area contributed by atoms with Crippen LogP contribution < -0.4 is 14.8 Å². The molecular formula is C19H17ClN2O3S. The fourth-order valence-electron chi connectivity index (χ4n) is 2.43. The van der Waals surface area contributed by atoms with E-state index in [1.54, 1.807) is 32.4 Å². The number of anilines is 1. The Morgan fingerprint density at radius 2 is 1.69 bits per heavy atom. The van der Waals surface area contributed by atoms with Crippen LogP contribution in [0.2, 0.25) is 5.02 Å². The molecule has 1 heterocycles. The molecule has 0 spiro atoms. The third-order valence-corrected chi connectivity index (χ3v) is 4.89. The van der Waals surface area contributed by atoms with E-state index in [1.165, 1.54) is 11.3 Å². The molecule has 1 N–H and O–H groups in total. The first-order valence-electron chi connectivity index (χ1n) is 7.78. The quantitative estimate of drug-likeness (QED) is 0.665. The SMILES string of the molecule is COc1cc(OC)cc(C(=O)Nc2nc(-c3ccc(Cl)cc3)c(C)s2)c1. The lowest BCUT2D eigenvalue weighted by molar-refractivity contribution is 0.102. The molecular weight excluding hydrogens is 372 g/mol. The van der Waals surface area contributed by atoms with Crippen LogP contribution >= 0.6 is 22.9 Å². The number of ether oxygens (including phenoxy) is 2. The third-order valence-electron chi connectivity index (χ3n) is 3.75. The topological polar surface area (TPSA) is 60.5 Å². The summed E-state index contributed by atoms with van der Waals surface area (Å²) in [5.74, 6) is 0.817. The van der Waals surface area contributed by atoms with Gasteiger partial charge in [0.25, 0.3) is 5.91 Å². The molecule has 26 heavy (non-hydrogen) atoms. The number of hydrogen-bond acceptors (Lipinski definition) is 5. The van der Waals surface area contributed by atoms with Crippen molar-refractivity contribution in [2.75, 3.05) is 19.5 Å². The maximum atomic E-state index is 12.6. The van der Waals surface area contributed by atoms with Gasteiger partial charge in [-0.25, -0.2) is 4.98 Å². The van der Waals surface area contributed by atoms with Crippen molar-refractivity contribution < 1.29 is 14.3 Å². The van der Waals surface area contributed by atoms with Crippen molar-refractivity contribution in [3.05, 3.63) is 57.9 Å². The van der Waals surface area contributed by atoms with E-state index in [9.17, 15) is 4.79 Å². The number of rotatable bonds is 5. The first-order chi connectivity index (χ1) is 12.5. The first kappa shape index (κ1) is 18.2. The predicted molar refractivity (Wildman–Crippen MR) is 105 cm³/mol. The molecule has 2 aromatic carbocycles. The summed E-state index contributed by atoms with van der Waals surface area (Å²) in [5.41, 5.74) is 2.21. The zero-order chi connectivity index (χ0) is 18.7. The van der Waals surface area contributed by atoms with Gasteiger partial charge in [0.1, 0.15) is 11.5 Å². The lowest BCUT2D eigenvalue weighted by atomic mass is 10.1. The van der Waals surface area contributed by atoms with Crippen LogP contribution in [0.1, 0.15) is 15.2 Å². The molecule has 7 heteroatoms. The van der Waals surface area contributed by atoms with Crippen LogP contribution in [-0.4, -0.2) is 25.1 Å². The number of aryl methyl sites for hydroxylation is 1. The van der Waals surface area contributed by atoms with Gasteiger partial charge in [0.2, 0.25) is 0 Å². The molecule has 0 saturated carbocycles. The molecule has 5 nitrogen and oxygen atoms in total. The van der Waals surface area contributed by atoms with E-state index in [4.69, 9.17) is 21.1 Å². The van der Waals surface area contributed by atoms with E-state index >= 15 is 0 Å². The Kier molecular flexibility index (Phi) is 5.44. The van der Waals surface area contributed by atoms with Gasteiger partial charge in [-0.3, -0.25) is 10.1 Å². The maximum absolute atomic E-state index is 12.6. The lowest BCUT2D eigenvalue weighted by Crippen LogP contribution is -2.12. The Morgan fingerprint density at radius 1 is 1.08 bits per heavy atom. The molecule has 0 bridgehead atoms. The average Bonchev–Trinajstić information content (AvgIpc) is 3.01. The third kappa shape index (κ3) is 3.98. The summed E-state index contributed by atoms with van der Waals surface area (Å²) >= 11 is 7.35. The number of aromatic nitrogens is 1. The predicted octanol–water partition coefficient (Wildman–Crippen LogP) is 5.04. The van der Waals surface area contributed by atoms with Gasteiger partial charge in [0.05, 0.1) is 19.9 Å². The minimum absolute atomic E-state index is 0.279. The highest BCUT2D eigenvalue weighted by Gasteiger charge is 2.15. The van der Waals surface area contributed by atoms with E-state index < -0.39 is 0 Å². The zero-order valence-electron chi connectivity index (χ0n) is 14.5. The summed E-state index contributed by atoms with van der Waals surface area (Å²) in [6.07, 6.45) is 0. The summed E-state index contributed by atoms with van der Waals surface area (Å²) in [6, 6.07) is 12.5. The Balaban J connectivity index is 1.84. The highest BCUT2D eigenvalue weighted by molar-refractivity contribution is 7.16. The van der Waals surface area contributed by atoms with Gasteiger partial charge in [0.15, 0.2) is 5.13 Å². The molecule has 0 unspecified atom stereocenters. The van der Waals surface area contributed by atoms with Gasteiger partial charge in [-0.15, -0.1) is 11.3 Å². The summed E-state index contributed by atoms with van der Waals surface area (Å²) in [4.78, 5) is 18.1. The van der Waals surface area contributed by atoms with Gasteiger partial charge in [-0.1, -0.05) is 23.7 Å². The van der Waals surface area contributed by atoms with Crippen molar-refractivity contribution in [3.8, 4) is 22.8 Å². The molecule has 0 aliphatic carbocycles. The number of thiazole rings is 1. The highest BCUT2D eigenvalue weighted by Crippen LogP contribution is 2.31. The van der Waals surface area contributed by atoms with Gasteiger partial charge in [0, 0.05) is 27.1 Å². The number of hydrogen-bond donors (Lipinski definition) is 1. The number of nitrogens with one attached hydrogen (secondary N) is 1. The molecule has 3 rings (SSSR count). The van der Waals surface area contributed by atoms with Crippen LogP contribution in [0.5, 0.6) is 11.5 Å². The molecule has 0 atom stereocenters. The number of halogens is 1. The fraction of sp³-hybridized carbons (Fsp3) is 0.158. The molecule has 0 aliphatic heterocycles. The monoisotopic (exact) mass is 388 g/mol. The maximum Gasteiger partial charge on any atom is 0.257 e. The molecule has 0 aliphatic rings. The number of amides is 1. The largest absolute Gasteiger partial charge is 0.497 e. The summed E-state index contributed by atoms with van der Waals surface area (Å²) in [7, 11) is 3.08. The summed E-state index contributed by atoms with van der Waals surface area (Å²) in [5, 5.41) is 4.03. The number of carbonyl (C=O) groups is 1. The lowest BCUT2D eigenvalue weighted by Gasteiger charge is -2.08. The Labute approximate surface area is 160 Å². The van der Waals surface area contributed by atoms with E-state index in [0.717, 1.165) is 16.1 Å². The van der Waals surface area contributed by atoms with Crippen LogP contribution in [0.15, 0.2) is 42.5 Å². The smallest absolute Gasteiger partial charge is 0.257 e. The van der Waals surface area contributed by atoms with Crippen LogP contribution in [0.25, 0.3) is 11.3 Å². The molecule has 0 fully saturated rings. The van der Waals surface area contributed by atoms with Crippen molar-refractivity contribution >= 4 is 34.0 Å². The summed E-state index contributed by atoms with van der Waals surface area (Å²) in [6.45, 7) is 1.96. The Morgan fingerprint density at radius 3 is 2.27 bits per heavy atom. The van der Waals surface area contributed by atoms with Crippen molar-refractivity contribution in [3.63, 3.8) is 0 Å².